The Balaban J connectivity index is 1.88. The van der Waals surface area contributed by atoms with Crippen LogP contribution in [0.15, 0.2) is 24.3 Å². The molecular formula is C16H25FN2. The summed E-state index contributed by atoms with van der Waals surface area (Å²) in [5.74, 6) is -0.151. The molecule has 1 aromatic carbocycles. The first-order chi connectivity index (χ1) is 9.19. The SMILES string of the molecule is CCCC1CN(C(C)Cc2ccc(F)cc2)CCN1. The third-order valence-corrected chi connectivity index (χ3v) is 3.99. The van der Waals surface area contributed by atoms with Crippen molar-refractivity contribution in [3.05, 3.63) is 35.6 Å². The minimum absolute atomic E-state index is 0.151. The second kappa shape index (κ2) is 7.01. The summed E-state index contributed by atoms with van der Waals surface area (Å²) < 4.78 is 12.9. The van der Waals surface area contributed by atoms with Crippen molar-refractivity contribution in [3.8, 4) is 0 Å². The molecule has 0 saturated carbocycles. The van der Waals surface area contributed by atoms with E-state index in [2.05, 4.69) is 24.1 Å². The summed E-state index contributed by atoms with van der Waals surface area (Å²) in [5.41, 5.74) is 1.22. The van der Waals surface area contributed by atoms with Gasteiger partial charge >= 0.3 is 0 Å². The lowest BCUT2D eigenvalue weighted by atomic mass is 10.0. The third-order valence-electron chi connectivity index (χ3n) is 3.99. The van der Waals surface area contributed by atoms with Crippen LogP contribution in [0.1, 0.15) is 32.3 Å². The Morgan fingerprint density at radius 1 is 1.37 bits per heavy atom. The Bertz CT molecular complexity index is 375. The number of benzene rings is 1. The lowest BCUT2D eigenvalue weighted by Crippen LogP contribution is -2.53. The van der Waals surface area contributed by atoms with E-state index in [0.29, 0.717) is 12.1 Å². The van der Waals surface area contributed by atoms with Gasteiger partial charge in [-0.15, -0.1) is 0 Å². The number of rotatable bonds is 5. The molecule has 106 valence electrons. The maximum Gasteiger partial charge on any atom is 0.123 e. The van der Waals surface area contributed by atoms with Gasteiger partial charge in [0.2, 0.25) is 0 Å². The van der Waals surface area contributed by atoms with Gasteiger partial charge in [0.1, 0.15) is 5.82 Å². The molecule has 2 unspecified atom stereocenters. The highest BCUT2D eigenvalue weighted by Crippen LogP contribution is 2.13. The van der Waals surface area contributed by atoms with Crippen LogP contribution in [0.5, 0.6) is 0 Å². The number of piperazine rings is 1. The zero-order valence-electron chi connectivity index (χ0n) is 12.0. The van der Waals surface area contributed by atoms with Crippen molar-refractivity contribution in [1.82, 2.24) is 10.2 Å². The molecule has 1 fully saturated rings. The predicted octanol–water partition coefficient (Wildman–Crippen LogP) is 2.83. The molecule has 2 nitrogen and oxygen atoms in total. The number of hydrogen-bond donors (Lipinski definition) is 1. The summed E-state index contributed by atoms with van der Waals surface area (Å²) in [6.45, 7) is 7.84. The van der Waals surface area contributed by atoms with Crippen LogP contribution < -0.4 is 5.32 Å². The van der Waals surface area contributed by atoms with Crippen molar-refractivity contribution in [3.63, 3.8) is 0 Å². The van der Waals surface area contributed by atoms with E-state index in [1.165, 1.54) is 18.4 Å². The fourth-order valence-corrected chi connectivity index (χ4v) is 2.88. The molecule has 19 heavy (non-hydrogen) atoms. The van der Waals surface area contributed by atoms with Crippen LogP contribution >= 0.6 is 0 Å². The standard InChI is InChI=1S/C16H25FN2/c1-3-4-16-12-19(10-9-18-16)13(2)11-14-5-7-15(17)8-6-14/h5-8,13,16,18H,3-4,9-12H2,1-2H3. The Morgan fingerprint density at radius 2 is 2.11 bits per heavy atom. The predicted molar refractivity (Wildman–Crippen MR) is 77.8 cm³/mol. The van der Waals surface area contributed by atoms with Gasteiger partial charge in [0, 0.05) is 31.7 Å². The van der Waals surface area contributed by atoms with Gasteiger partial charge in [-0.1, -0.05) is 25.5 Å². The second-order valence-electron chi connectivity index (χ2n) is 5.61. The molecule has 1 aliphatic rings. The minimum atomic E-state index is -0.151. The zero-order chi connectivity index (χ0) is 13.7. The molecular weight excluding hydrogens is 239 g/mol. The van der Waals surface area contributed by atoms with Crippen molar-refractivity contribution < 1.29 is 4.39 Å². The fourth-order valence-electron chi connectivity index (χ4n) is 2.88. The first kappa shape index (κ1) is 14.5. The molecule has 2 rings (SSSR count). The van der Waals surface area contributed by atoms with Crippen molar-refractivity contribution in [2.45, 2.75) is 45.2 Å². The Hall–Kier alpha value is -0.930. The molecule has 3 heteroatoms. The number of nitrogens with one attached hydrogen (secondary N) is 1. The van der Waals surface area contributed by atoms with Crippen LogP contribution in [0.2, 0.25) is 0 Å². The largest absolute Gasteiger partial charge is 0.311 e. The Labute approximate surface area is 116 Å². The highest BCUT2D eigenvalue weighted by atomic mass is 19.1. The average Bonchev–Trinajstić information content (AvgIpc) is 2.42. The summed E-state index contributed by atoms with van der Waals surface area (Å²) in [5, 5.41) is 3.58. The number of hydrogen-bond acceptors (Lipinski definition) is 2. The second-order valence-corrected chi connectivity index (χ2v) is 5.61. The summed E-state index contributed by atoms with van der Waals surface area (Å²) in [4.78, 5) is 2.56. The van der Waals surface area contributed by atoms with E-state index in [0.717, 1.165) is 26.1 Å². The molecule has 0 spiro atoms. The van der Waals surface area contributed by atoms with Gasteiger partial charge in [0.15, 0.2) is 0 Å². The molecule has 1 N–H and O–H groups in total. The van der Waals surface area contributed by atoms with Gasteiger partial charge in [0.25, 0.3) is 0 Å². The van der Waals surface area contributed by atoms with Crippen LogP contribution in [-0.4, -0.2) is 36.6 Å². The van der Waals surface area contributed by atoms with Gasteiger partial charge in [0.05, 0.1) is 0 Å². The van der Waals surface area contributed by atoms with Crippen molar-refractivity contribution in [2.24, 2.45) is 0 Å². The Morgan fingerprint density at radius 3 is 2.79 bits per heavy atom. The molecule has 0 aromatic heterocycles. The number of nitrogens with zero attached hydrogens (tertiary/aromatic N) is 1. The van der Waals surface area contributed by atoms with E-state index in [9.17, 15) is 4.39 Å². The molecule has 0 amide bonds. The summed E-state index contributed by atoms with van der Waals surface area (Å²) in [6.07, 6.45) is 3.48. The fraction of sp³-hybridized carbons (Fsp3) is 0.625. The monoisotopic (exact) mass is 264 g/mol. The van der Waals surface area contributed by atoms with Gasteiger partial charge in [-0.3, -0.25) is 4.90 Å². The topological polar surface area (TPSA) is 15.3 Å². The van der Waals surface area contributed by atoms with E-state index < -0.39 is 0 Å². The molecule has 1 saturated heterocycles. The van der Waals surface area contributed by atoms with Crippen molar-refractivity contribution in [1.29, 1.82) is 0 Å². The molecule has 1 aliphatic heterocycles. The first-order valence-corrected chi connectivity index (χ1v) is 7.41. The van der Waals surface area contributed by atoms with Gasteiger partial charge in [-0.25, -0.2) is 4.39 Å². The molecule has 0 aliphatic carbocycles. The smallest absolute Gasteiger partial charge is 0.123 e. The van der Waals surface area contributed by atoms with Crippen LogP contribution in [0.25, 0.3) is 0 Å². The average molecular weight is 264 g/mol. The van der Waals surface area contributed by atoms with Crippen molar-refractivity contribution in [2.75, 3.05) is 19.6 Å². The third kappa shape index (κ3) is 4.29. The molecule has 2 atom stereocenters. The first-order valence-electron chi connectivity index (χ1n) is 7.41. The number of halogens is 1. The molecule has 0 bridgehead atoms. The van der Waals surface area contributed by atoms with Crippen LogP contribution in [0, 0.1) is 5.82 Å². The lowest BCUT2D eigenvalue weighted by molar-refractivity contribution is 0.148. The van der Waals surface area contributed by atoms with Crippen LogP contribution in [-0.2, 0) is 6.42 Å². The summed E-state index contributed by atoms with van der Waals surface area (Å²) in [6, 6.07) is 8.07. The quantitative estimate of drug-likeness (QED) is 0.880. The van der Waals surface area contributed by atoms with Gasteiger partial charge < -0.3 is 5.32 Å². The minimum Gasteiger partial charge on any atom is -0.311 e. The van der Waals surface area contributed by atoms with E-state index >= 15 is 0 Å². The molecule has 0 radical (unpaired) electrons. The van der Waals surface area contributed by atoms with Crippen LogP contribution in [0.4, 0.5) is 4.39 Å². The highest BCUT2D eigenvalue weighted by Gasteiger charge is 2.22. The van der Waals surface area contributed by atoms with E-state index in [1.54, 1.807) is 12.1 Å². The van der Waals surface area contributed by atoms with E-state index in [1.807, 2.05) is 12.1 Å². The van der Waals surface area contributed by atoms with Gasteiger partial charge in [-0.05, 0) is 37.5 Å². The normalized spacial score (nSPS) is 22.4. The highest BCUT2D eigenvalue weighted by molar-refractivity contribution is 5.17. The zero-order valence-corrected chi connectivity index (χ0v) is 12.0. The lowest BCUT2D eigenvalue weighted by Gasteiger charge is -2.37. The van der Waals surface area contributed by atoms with E-state index in [4.69, 9.17) is 0 Å². The van der Waals surface area contributed by atoms with Gasteiger partial charge in [-0.2, -0.15) is 0 Å². The maximum absolute atomic E-state index is 12.9. The summed E-state index contributed by atoms with van der Waals surface area (Å²) >= 11 is 0. The van der Waals surface area contributed by atoms with Crippen LogP contribution in [0.3, 0.4) is 0 Å². The molecule has 1 heterocycles. The van der Waals surface area contributed by atoms with E-state index in [-0.39, 0.29) is 5.82 Å². The molecule has 1 aromatic rings. The maximum atomic E-state index is 12.9. The summed E-state index contributed by atoms with van der Waals surface area (Å²) in [7, 11) is 0. The van der Waals surface area contributed by atoms with Crippen molar-refractivity contribution >= 4 is 0 Å². The Kier molecular flexibility index (Phi) is 5.34.